The summed E-state index contributed by atoms with van der Waals surface area (Å²) in [5.41, 5.74) is 4.14. The van der Waals surface area contributed by atoms with Crippen LogP contribution in [-0.2, 0) is 0 Å². The van der Waals surface area contributed by atoms with Crippen LogP contribution in [0.25, 0.3) is 11.1 Å². The molecule has 3 fully saturated rings. The average Bonchev–Trinajstić information content (AvgIpc) is 3.78. The first-order chi connectivity index (χ1) is 15.7. The van der Waals surface area contributed by atoms with E-state index in [1.54, 1.807) is 12.3 Å². The Morgan fingerprint density at radius 3 is 2.62 bits per heavy atom. The summed E-state index contributed by atoms with van der Waals surface area (Å²) < 4.78 is 0. The van der Waals surface area contributed by atoms with E-state index in [9.17, 15) is 4.79 Å². The number of rotatable bonds is 6. The maximum absolute atomic E-state index is 12.9. The summed E-state index contributed by atoms with van der Waals surface area (Å²) >= 11 is 1.99. The minimum absolute atomic E-state index is 0.214. The van der Waals surface area contributed by atoms with Crippen LogP contribution < -0.4 is 10.2 Å². The van der Waals surface area contributed by atoms with E-state index >= 15 is 0 Å². The first-order valence-electron chi connectivity index (χ1n) is 11.3. The summed E-state index contributed by atoms with van der Waals surface area (Å²) in [5.74, 6) is 4.28. The summed E-state index contributed by atoms with van der Waals surface area (Å²) in [6.45, 7) is 0. The summed E-state index contributed by atoms with van der Waals surface area (Å²) in [6.07, 6.45) is 10.4. The molecule has 1 N–H and O–H groups in total. The highest BCUT2D eigenvalue weighted by Crippen LogP contribution is 2.42. The van der Waals surface area contributed by atoms with Gasteiger partial charge in [-0.05, 0) is 67.5 Å². The summed E-state index contributed by atoms with van der Waals surface area (Å²) in [5, 5.41) is 3.03. The van der Waals surface area contributed by atoms with Crippen molar-refractivity contribution in [2.45, 2.75) is 37.6 Å². The Hall–Kier alpha value is -2.93. The van der Waals surface area contributed by atoms with Crippen LogP contribution in [0.3, 0.4) is 0 Å². The monoisotopic (exact) mass is 443 g/mol. The van der Waals surface area contributed by atoms with Crippen molar-refractivity contribution in [1.29, 1.82) is 0 Å². The van der Waals surface area contributed by atoms with Gasteiger partial charge in [0.15, 0.2) is 0 Å². The molecule has 2 saturated carbocycles. The first kappa shape index (κ1) is 19.7. The van der Waals surface area contributed by atoms with Crippen LogP contribution in [0.15, 0.2) is 55.0 Å². The quantitative estimate of drug-likeness (QED) is 0.581. The third-order valence-electron chi connectivity index (χ3n) is 6.46. The second kappa shape index (κ2) is 8.20. The van der Waals surface area contributed by atoms with E-state index in [0.717, 1.165) is 34.4 Å². The Morgan fingerprint density at radius 2 is 1.84 bits per heavy atom. The fourth-order valence-corrected chi connectivity index (χ4v) is 5.66. The van der Waals surface area contributed by atoms with E-state index in [1.165, 1.54) is 37.1 Å². The number of nitrogens with one attached hydrogen (secondary N) is 1. The Kier molecular flexibility index (Phi) is 5.06. The van der Waals surface area contributed by atoms with Crippen LogP contribution >= 0.6 is 11.8 Å². The Morgan fingerprint density at radius 1 is 1.00 bits per heavy atom. The van der Waals surface area contributed by atoms with E-state index in [2.05, 4.69) is 37.3 Å². The van der Waals surface area contributed by atoms with Gasteiger partial charge in [0, 0.05) is 53.2 Å². The SMILES string of the molecule is O=C(Nc1cccc(N2CSCC2C2CC2)c1)c1cc(-c2cnc(C3CC3)nc2)ccn1. The van der Waals surface area contributed by atoms with Crippen molar-refractivity contribution in [2.24, 2.45) is 5.92 Å². The van der Waals surface area contributed by atoms with E-state index < -0.39 is 0 Å². The van der Waals surface area contributed by atoms with Gasteiger partial charge in [-0.25, -0.2) is 9.97 Å². The second-order valence-corrected chi connectivity index (χ2v) is 9.91. The molecule has 1 saturated heterocycles. The molecule has 0 bridgehead atoms. The van der Waals surface area contributed by atoms with Crippen LogP contribution in [0.1, 0.15) is 47.9 Å². The van der Waals surface area contributed by atoms with E-state index in [0.29, 0.717) is 17.7 Å². The number of amides is 1. The van der Waals surface area contributed by atoms with Crippen LogP contribution in [0.5, 0.6) is 0 Å². The highest BCUT2D eigenvalue weighted by molar-refractivity contribution is 7.99. The second-order valence-electron chi connectivity index (χ2n) is 8.91. The molecule has 32 heavy (non-hydrogen) atoms. The molecule has 6 nitrogen and oxygen atoms in total. The highest BCUT2D eigenvalue weighted by atomic mass is 32.2. The average molecular weight is 444 g/mol. The zero-order valence-electron chi connectivity index (χ0n) is 17.8. The number of pyridine rings is 1. The molecule has 2 aromatic heterocycles. The van der Waals surface area contributed by atoms with Crippen molar-refractivity contribution < 1.29 is 4.79 Å². The summed E-state index contributed by atoms with van der Waals surface area (Å²) in [7, 11) is 0. The summed E-state index contributed by atoms with van der Waals surface area (Å²) in [4.78, 5) is 28.7. The molecule has 6 rings (SSSR count). The molecule has 1 aliphatic heterocycles. The lowest BCUT2D eigenvalue weighted by molar-refractivity contribution is 0.102. The van der Waals surface area contributed by atoms with Gasteiger partial charge in [-0.15, -0.1) is 11.8 Å². The number of thioether (sulfide) groups is 1. The molecular formula is C25H25N5OS. The van der Waals surface area contributed by atoms with Crippen molar-refractivity contribution in [2.75, 3.05) is 21.8 Å². The number of carbonyl (C=O) groups excluding carboxylic acids is 1. The molecule has 1 aromatic carbocycles. The van der Waals surface area contributed by atoms with Gasteiger partial charge in [-0.2, -0.15) is 0 Å². The topological polar surface area (TPSA) is 71.0 Å². The standard InChI is InChI=1S/C25H25N5OS/c31-25(22-10-18(8-9-26-22)19-12-27-24(28-13-19)17-6-7-17)29-20-2-1-3-21(11-20)30-15-32-14-23(30)16-4-5-16/h1-3,8-13,16-17,23H,4-7,14-15H2,(H,29,31). The largest absolute Gasteiger partial charge is 0.358 e. The number of hydrogen-bond acceptors (Lipinski definition) is 6. The number of anilines is 2. The number of aromatic nitrogens is 3. The van der Waals surface area contributed by atoms with Gasteiger partial charge in [-0.1, -0.05) is 6.07 Å². The van der Waals surface area contributed by atoms with Crippen molar-refractivity contribution in [3.63, 3.8) is 0 Å². The third kappa shape index (κ3) is 4.09. The minimum Gasteiger partial charge on any atom is -0.358 e. The van der Waals surface area contributed by atoms with Crippen molar-refractivity contribution in [1.82, 2.24) is 15.0 Å². The van der Waals surface area contributed by atoms with Gasteiger partial charge in [0.1, 0.15) is 11.5 Å². The first-order valence-corrected chi connectivity index (χ1v) is 12.4. The van der Waals surface area contributed by atoms with Crippen molar-refractivity contribution in [3.05, 3.63) is 66.5 Å². The Labute approximate surface area is 191 Å². The van der Waals surface area contributed by atoms with Gasteiger partial charge < -0.3 is 10.2 Å². The Balaban J connectivity index is 1.18. The molecular weight excluding hydrogens is 418 g/mol. The zero-order chi connectivity index (χ0) is 21.5. The maximum atomic E-state index is 12.9. The van der Waals surface area contributed by atoms with Crippen molar-refractivity contribution >= 4 is 29.0 Å². The van der Waals surface area contributed by atoms with Crippen LogP contribution in [0.2, 0.25) is 0 Å². The molecule has 162 valence electrons. The molecule has 1 amide bonds. The number of nitrogens with zero attached hydrogens (tertiary/aromatic N) is 4. The fourth-order valence-electron chi connectivity index (χ4n) is 4.33. The number of benzene rings is 1. The lowest BCUT2D eigenvalue weighted by atomic mass is 10.1. The molecule has 1 atom stereocenters. The summed E-state index contributed by atoms with van der Waals surface area (Å²) in [6, 6.07) is 12.5. The molecule has 3 aromatic rings. The van der Waals surface area contributed by atoms with Crippen molar-refractivity contribution in [3.8, 4) is 11.1 Å². The molecule has 0 radical (unpaired) electrons. The van der Waals surface area contributed by atoms with Gasteiger partial charge >= 0.3 is 0 Å². The van der Waals surface area contributed by atoms with E-state index in [-0.39, 0.29) is 5.91 Å². The van der Waals surface area contributed by atoms with E-state index in [4.69, 9.17) is 0 Å². The van der Waals surface area contributed by atoms with Gasteiger partial charge in [0.2, 0.25) is 0 Å². The Bertz CT molecular complexity index is 1140. The third-order valence-corrected chi connectivity index (χ3v) is 7.50. The number of carbonyl (C=O) groups is 1. The molecule has 7 heteroatoms. The number of hydrogen-bond donors (Lipinski definition) is 1. The zero-order valence-corrected chi connectivity index (χ0v) is 18.6. The molecule has 2 aliphatic carbocycles. The predicted molar refractivity (Wildman–Crippen MR) is 128 cm³/mol. The van der Waals surface area contributed by atoms with E-state index in [1.807, 2.05) is 42.4 Å². The fraction of sp³-hybridized carbons (Fsp3) is 0.360. The molecule has 3 aliphatic rings. The molecule has 0 spiro atoms. The molecule has 1 unspecified atom stereocenters. The molecule has 3 heterocycles. The predicted octanol–water partition coefficient (Wildman–Crippen LogP) is 4.96. The lowest BCUT2D eigenvalue weighted by Gasteiger charge is -2.26. The highest BCUT2D eigenvalue weighted by Gasteiger charge is 2.38. The van der Waals surface area contributed by atoms with Gasteiger partial charge in [-0.3, -0.25) is 9.78 Å². The van der Waals surface area contributed by atoms with Crippen LogP contribution in [0, 0.1) is 5.92 Å². The van der Waals surface area contributed by atoms with Crippen LogP contribution in [0.4, 0.5) is 11.4 Å². The minimum atomic E-state index is -0.214. The van der Waals surface area contributed by atoms with Gasteiger partial charge in [0.05, 0.1) is 5.88 Å². The smallest absolute Gasteiger partial charge is 0.274 e. The lowest BCUT2D eigenvalue weighted by Crippen LogP contribution is -2.32. The van der Waals surface area contributed by atoms with Crippen LogP contribution in [-0.4, -0.2) is 38.5 Å². The maximum Gasteiger partial charge on any atom is 0.274 e. The normalized spacial score (nSPS) is 20.4. The van der Waals surface area contributed by atoms with Gasteiger partial charge in [0.25, 0.3) is 5.91 Å².